The van der Waals surface area contributed by atoms with Crippen LogP contribution in [0.5, 0.6) is 11.5 Å². The van der Waals surface area contributed by atoms with Gasteiger partial charge in [-0.15, -0.1) is 29.3 Å². The van der Waals surface area contributed by atoms with E-state index in [1.165, 1.54) is 11.1 Å². The number of pyridine rings is 1. The first-order chi connectivity index (χ1) is 20.6. The van der Waals surface area contributed by atoms with Crippen LogP contribution in [-0.4, -0.2) is 23.5 Å². The Morgan fingerprint density at radius 3 is 2.55 bits per heavy atom. The summed E-state index contributed by atoms with van der Waals surface area (Å²) in [5, 5.41) is 0. The molecular formula is C36H37N3O2Pt. The number of rotatable bonds is 4. The fourth-order valence-corrected chi connectivity index (χ4v) is 5.63. The maximum Gasteiger partial charge on any atom is 2.00 e. The third kappa shape index (κ3) is 5.28. The summed E-state index contributed by atoms with van der Waals surface area (Å²) >= 11 is 0. The normalized spacial score (nSPS) is 18.4. The SMILES string of the molecule is [2H]C([2H])([2H])[C@@H]1COC(c2[c-]c(Oc3[c-]c4c(cc3)C(C)(C)c3ccccc3N4c3cc(C(C)(C)C)ccn3)c(C)cc2C)=N1.[Pt+2]. The zero-order valence-corrected chi connectivity index (χ0v) is 27.3. The topological polar surface area (TPSA) is 47.0 Å². The van der Waals surface area contributed by atoms with Crippen LogP contribution in [0.4, 0.5) is 17.2 Å². The van der Waals surface area contributed by atoms with Crippen LogP contribution in [0.1, 0.15) is 79.0 Å². The van der Waals surface area contributed by atoms with Crippen LogP contribution < -0.4 is 9.64 Å². The van der Waals surface area contributed by atoms with Gasteiger partial charge in [0, 0.05) is 27.5 Å². The van der Waals surface area contributed by atoms with Crippen LogP contribution in [0.15, 0.2) is 65.8 Å². The van der Waals surface area contributed by atoms with Gasteiger partial charge in [-0.05, 0) is 47.0 Å². The molecule has 0 saturated heterocycles. The van der Waals surface area contributed by atoms with Gasteiger partial charge in [0.2, 0.25) is 0 Å². The van der Waals surface area contributed by atoms with Crippen LogP contribution in [0.2, 0.25) is 0 Å². The smallest absolute Gasteiger partial charge is 0.518 e. The van der Waals surface area contributed by atoms with Crippen molar-refractivity contribution in [1.82, 2.24) is 4.98 Å². The minimum absolute atomic E-state index is 0. The predicted molar refractivity (Wildman–Crippen MR) is 165 cm³/mol. The first-order valence-corrected chi connectivity index (χ1v) is 14.0. The van der Waals surface area contributed by atoms with Gasteiger partial charge < -0.3 is 14.4 Å². The number of aryl methyl sites for hydroxylation is 2. The van der Waals surface area contributed by atoms with E-state index >= 15 is 0 Å². The number of nitrogens with zero attached hydrogens (tertiary/aromatic N) is 3. The zero-order chi connectivity index (χ0) is 31.6. The van der Waals surface area contributed by atoms with E-state index in [2.05, 4.69) is 99.1 Å². The molecule has 2 aliphatic heterocycles. The molecule has 218 valence electrons. The van der Waals surface area contributed by atoms with Gasteiger partial charge in [-0.3, -0.25) is 4.99 Å². The summed E-state index contributed by atoms with van der Waals surface area (Å²) < 4.78 is 35.4. The van der Waals surface area contributed by atoms with E-state index in [4.69, 9.17) is 18.6 Å². The van der Waals surface area contributed by atoms with Gasteiger partial charge >= 0.3 is 21.1 Å². The first-order valence-electron chi connectivity index (χ1n) is 15.5. The zero-order valence-electron chi connectivity index (χ0n) is 28.0. The Balaban J connectivity index is 0.00000400. The Kier molecular flexibility index (Phi) is 6.87. The molecule has 4 aromatic rings. The van der Waals surface area contributed by atoms with E-state index in [1.807, 2.05) is 32.2 Å². The van der Waals surface area contributed by atoms with E-state index < -0.39 is 12.9 Å². The van der Waals surface area contributed by atoms with Crippen molar-refractivity contribution < 1.29 is 34.7 Å². The Bertz CT molecular complexity index is 1790. The van der Waals surface area contributed by atoms with Crippen molar-refractivity contribution in [3.8, 4) is 11.5 Å². The van der Waals surface area contributed by atoms with E-state index in [-0.39, 0.29) is 44.4 Å². The molecule has 0 radical (unpaired) electrons. The van der Waals surface area contributed by atoms with Gasteiger partial charge in [0.1, 0.15) is 11.7 Å². The summed E-state index contributed by atoms with van der Waals surface area (Å²) in [6, 6.07) is 24.7. The maximum absolute atomic E-state index is 7.73. The molecule has 6 heteroatoms. The number of hydrogen-bond donors (Lipinski definition) is 0. The van der Waals surface area contributed by atoms with E-state index in [9.17, 15) is 0 Å². The molecule has 0 aliphatic carbocycles. The monoisotopic (exact) mass is 741 g/mol. The predicted octanol–water partition coefficient (Wildman–Crippen LogP) is 8.66. The number of benzene rings is 3. The van der Waals surface area contributed by atoms with Crippen molar-refractivity contribution >= 4 is 23.1 Å². The molecule has 1 aromatic heterocycles. The maximum atomic E-state index is 7.73. The largest absolute Gasteiger partial charge is 2.00 e. The second kappa shape index (κ2) is 11.0. The fourth-order valence-electron chi connectivity index (χ4n) is 5.63. The molecule has 0 amide bonds. The van der Waals surface area contributed by atoms with Gasteiger partial charge in [0.25, 0.3) is 0 Å². The summed E-state index contributed by atoms with van der Waals surface area (Å²) in [7, 11) is 0. The third-order valence-electron chi connectivity index (χ3n) is 7.95. The number of ether oxygens (including phenoxy) is 2. The van der Waals surface area contributed by atoms with Crippen molar-refractivity contribution in [1.29, 1.82) is 0 Å². The third-order valence-corrected chi connectivity index (χ3v) is 7.95. The van der Waals surface area contributed by atoms with Gasteiger partial charge in [0.05, 0.1) is 12.6 Å². The molecule has 3 aromatic carbocycles. The molecule has 42 heavy (non-hydrogen) atoms. The van der Waals surface area contributed by atoms with Crippen molar-refractivity contribution in [2.45, 2.75) is 72.2 Å². The van der Waals surface area contributed by atoms with E-state index in [0.717, 1.165) is 33.9 Å². The van der Waals surface area contributed by atoms with Crippen LogP contribution in [-0.2, 0) is 36.6 Å². The minimum atomic E-state index is -2.22. The number of hydrogen-bond acceptors (Lipinski definition) is 5. The summed E-state index contributed by atoms with van der Waals surface area (Å²) in [6.45, 7) is 12.7. The van der Waals surface area contributed by atoms with Gasteiger partial charge in [-0.1, -0.05) is 89.5 Å². The number of anilines is 3. The molecule has 5 nitrogen and oxygen atoms in total. The molecule has 0 fully saturated rings. The number of aromatic nitrogens is 1. The van der Waals surface area contributed by atoms with Gasteiger partial charge in [-0.25, -0.2) is 4.98 Å². The van der Waals surface area contributed by atoms with Gasteiger partial charge in [-0.2, -0.15) is 6.07 Å². The molecule has 2 aliphatic rings. The fraction of sp³-hybridized carbons (Fsp3) is 0.333. The van der Waals surface area contributed by atoms with Crippen molar-refractivity contribution in [2.24, 2.45) is 4.99 Å². The average molecular weight is 742 g/mol. The second-order valence-electron chi connectivity index (χ2n) is 12.4. The molecule has 0 spiro atoms. The van der Waals surface area contributed by atoms with E-state index in [0.29, 0.717) is 17.1 Å². The van der Waals surface area contributed by atoms with Crippen LogP contribution in [0.25, 0.3) is 0 Å². The second-order valence-corrected chi connectivity index (χ2v) is 12.4. The molecule has 1 atom stereocenters. The quantitative estimate of drug-likeness (QED) is 0.197. The molecule has 0 saturated carbocycles. The Hall–Kier alpha value is -3.43. The van der Waals surface area contributed by atoms with Crippen LogP contribution in [0, 0.1) is 26.0 Å². The number of para-hydroxylation sites is 1. The molecule has 6 rings (SSSR count). The standard InChI is InChI=1S/C36H37N3O2.Pt/c1-22-17-23(2)32(20-27(22)34-38-24(3)21-40-34)41-26-13-14-29-31(19-26)39(30-12-10-9-11-28(30)36(29,7)8)33-18-25(15-16-37-33)35(4,5)6;/h9-18,24H,21H2,1-8H3;/q-2;+2/t24-;/m1./s1/i3D3;. The molecule has 0 unspecified atom stereocenters. The van der Waals surface area contributed by atoms with Crippen molar-refractivity contribution in [3.05, 3.63) is 106 Å². The summed E-state index contributed by atoms with van der Waals surface area (Å²) in [5.41, 5.74) is 7.46. The summed E-state index contributed by atoms with van der Waals surface area (Å²) in [5.74, 6) is 2.12. The molecular weight excluding hydrogens is 701 g/mol. The van der Waals surface area contributed by atoms with E-state index in [1.54, 1.807) is 0 Å². The van der Waals surface area contributed by atoms with Crippen LogP contribution in [0.3, 0.4) is 0 Å². The molecule has 0 bridgehead atoms. The van der Waals surface area contributed by atoms with Crippen LogP contribution >= 0.6 is 0 Å². The first kappa shape index (κ1) is 26.2. The number of fused-ring (bicyclic) bond motifs is 2. The van der Waals surface area contributed by atoms with Gasteiger partial charge in [0.15, 0.2) is 0 Å². The molecule has 0 N–H and O–H groups in total. The summed E-state index contributed by atoms with van der Waals surface area (Å²) in [6.07, 6.45) is 1.87. The average Bonchev–Trinajstić information content (AvgIpc) is 3.45. The Morgan fingerprint density at radius 1 is 1.02 bits per heavy atom. The summed E-state index contributed by atoms with van der Waals surface area (Å²) in [4.78, 5) is 11.4. The number of aliphatic imine (C=N–C) groups is 1. The molecule has 3 heterocycles. The minimum Gasteiger partial charge on any atom is -0.518 e. The Labute approximate surface area is 268 Å². The van der Waals surface area contributed by atoms with Crippen molar-refractivity contribution in [3.63, 3.8) is 0 Å². The van der Waals surface area contributed by atoms with Crippen molar-refractivity contribution in [2.75, 3.05) is 11.5 Å². The Morgan fingerprint density at radius 2 is 1.81 bits per heavy atom.